The smallest absolute Gasteiger partial charge is 0.248 e. The van der Waals surface area contributed by atoms with Gasteiger partial charge in [-0.2, -0.15) is 0 Å². The number of hydrogen-bond donors (Lipinski definition) is 0. The zero-order valence-corrected chi connectivity index (χ0v) is 11.3. The normalized spacial score (nSPS) is 15.4. The first-order chi connectivity index (χ1) is 8.46. The molecule has 2 rings (SSSR count). The molecule has 0 aliphatic carbocycles. The number of pyridine rings is 1. The summed E-state index contributed by atoms with van der Waals surface area (Å²) in [6.07, 6.45) is 2.64. The molecule has 2 heterocycles. The number of nitrogens with zero attached hydrogens (tertiary/aromatic N) is 2. The van der Waals surface area contributed by atoms with Gasteiger partial charge in [0.05, 0.1) is 5.60 Å². The van der Waals surface area contributed by atoms with Crippen molar-refractivity contribution in [2.75, 3.05) is 13.2 Å². The van der Waals surface area contributed by atoms with E-state index in [1.807, 2.05) is 37.8 Å². The Labute approximate surface area is 108 Å². The topological polar surface area (TPSA) is 42.4 Å². The second kappa shape index (κ2) is 5.06. The Kier molecular flexibility index (Phi) is 3.66. The van der Waals surface area contributed by atoms with Crippen molar-refractivity contribution < 1.29 is 9.53 Å². The highest BCUT2D eigenvalue weighted by Crippen LogP contribution is 2.17. The van der Waals surface area contributed by atoms with E-state index in [4.69, 9.17) is 4.74 Å². The van der Waals surface area contributed by atoms with E-state index in [0.29, 0.717) is 6.54 Å². The van der Waals surface area contributed by atoms with Gasteiger partial charge in [0, 0.05) is 31.4 Å². The minimum Gasteiger partial charge on any atom is -0.366 e. The zero-order chi connectivity index (χ0) is 13.2. The summed E-state index contributed by atoms with van der Waals surface area (Å²) < 4.78 is 5.53. The van der Waals surface area contributed by atoms with Gasteiger partial charge in [-0.15, -0.1) is 0 Å². The average Bonchev–Trinajstić information content (AvgIpc) is 2.34. The number of hydrogen-bond acceptors (Lipinski definition) is 3. The Morgan fingerprint density at radius 1 is 1.50 bits per heavy atom. The van der Waals surface area contributed by atoms with Gasteiger partial charge in [0.15, 0.2) is 0 Å². The molecule has 1 aromatic heterocycles. The molecule has 0 unspecified atom stereocenters. The van der Waals surface area contributed by atoms with E-state index in [2.05, 4.69) is 4.98 Å². The lowest BCUT2D eigenvalue weighted by atomic mass is 10.1. The first-order valence-corrected chi connectivity index (χ1v) is 6.30. The number of fused-ring (bicyclic) bond motifs is 1. The van der Waals surface area contributed by atoms with Gasteiger partial charge in [0.25, 0.3) is 0 Å². The molecule has 0 spiro atoms. The van der Waals surface area contributed by atoms with Crippen molar-refractivity contribution in [2.24, 2.45) is 0 Å². The number of carbonyl (C=O) groups excluding carboxylic acids is 1. The molecule has 0 radical (unpaired) electrons. The van der Waals surface area contributed by atoms with Crippen LogP contribution in [0.15, 0.2) is 18.3 Å². The standard InChI is InChI=1S/C14H20N2O2/c1-14(2,3)18-10-13(17)16-8-6-12-11(9-16)5-4-7-15-12/h4-5,7H,6,8-10H2,1-3H3. The van der Waals surface area contributed by atoms with Crippen LogP contribution < -0.4 is 0 Å². The molecular weight excluding hydrogens is 228 g/mol. The largest absolute Gasteiger partial charge is 0.366 e. The molecule has 0 atom stereocenters. The lowest BCUT2D eigenvalue weighted by Crippen LogP contribution is -2.40. The second-order valence-corrected chi connectivity index (χ2v) is 5.58. The van der Waals surface area contributed by atoms with Crippen molar-refractivity contribution in [1.29, 1.82) is 0 Å². The fourth-order valence-electron chi connectivity index (χ4n) is 1.95. The Morgan fingerprint density at radius 2 is 2.28 bits per heavy atom. The molecule has 4 nitrogen and oxygen atoms in total. The highest BCUT2D eigenvalue weighted by atomic mass is 16.5. The molecule has 0 aromatic carbocycles. The first-order valence-electron chi connectivity index (χ1n) is 6.30. The summed E-state index contributed by atoms with van der Waals surface area (Å²) in [6.45, 7) is 7.39. The molecule has 4 heteroatoms. The van der Waals surface area contributed by atoms with E-state index in [1.165, 1.54) is 0 Å². The van der Waals surface area contributed by atoms with E-state index in [9.17, 15) is 4.79 Å². The van der Waals surface area contributed by atoms with Gasteiger partial charge in [0.2, 0.25) is 5.91 Å². The van der Waals surface area contributed by atoms with Crippen LogP contribution in [0.4, 0.5) is 0 Å². The molecule has 1 amide bonds. The van der Waals surface area contributed by atoms with Gasteiger partial charge in [-0.3, -0.25) is 9.78 Å². The van der Waals surface area contributed by atoms with Crippen LogP contribution in [-0.4, -0.2) is 34.5 Å². The predicted molar refractivity (Wildman–Crippen MR) is 69.1 cm³/mol. The number of rotatable bonds is 2. The fraction of sp³-hybridized carbons (Fsp3) is 0.571. The molecule has 1 aliphatic heterocycles. The number of carbonyl (C=O) groups is 1. The summed E-state index contributed by atoms with van der Waals surface area (Å²) in [5.74, 6) is 0.0550. The lowest BCUT2D eigenvalue weighted by molar-refractivity contribution is -0.142. The van der Waals surface area contributed by atoms with E-state index >= 15 is 0 Å². The van der Waals surface area contributed by atoms with Crippen molar-refractivity contribution >= 4 is 5.91 Å². The molecule has 0 N–H and O–H groups in total. The Bertz CT molecular complexity index is 438. The molecule has 1 aromatic rings. The monoisotopic (exact) mass is 248 g/mol. The van der Waals surface area contributed by atoms with Crippen molar-refractivity contribution in [2.45, 2.75) is 39.3 Å². The van der Waals surface area contributed by atoms with E-state index < -0.39 is 0 Å². The third-order valence-corrected chi connectivity index (χ3v) is 2.95. The van der Waals surface area contributed by atoms with Gasteiger partial charge >= 0.3 is 0 Å². The maximum atomic E-state index is 12.0. The van der Waals surface area contributed by atoms with Crippen molar-refractivity contribution in [1.82, 2.24) is 9.88 Å². The van der Waals surface area contributed by atoms with E-state index in [0.717, 1.165) is 24.2 Å². The lowest BCUT2D eigenvalue weighted by Gasteiger charge is -2.29. The first kappa shape index (κ1) is 13.0. The van der Waals surface area contributed by atoms with Crippen LogP contribution in [0, 0.1) is 0 Å². The zero-order valence-electron chi connectivity index (χ0n) is 11.3. The maximum Gasteiger partial charge on any atom is 0.248 e. The van der Waals surface area contributed by atoms with Crippen molar-refractivity contribution in [3.8, 4) is 0 Å². The van der Waals surface area contributed by atoms with Crippen LogP contribution in [0.1, 0.15) is 32.0 Å². The second-order valence-electron chi connectivity index (χ2n) is 5.58. The Balaban J connectivity index is 1.95. The Hall–Kier alpha value is -1.42. The number of amides is 1. The molecule has 0 saturated heterocycles. The van der Waals surface area contributed by atoms with Gasteiger partial charge < -0.3 is 9.64 Å². The minimum atomic E-state index is -0.273. The van der Waals surface area contributed by atoms with Crippen LogP contribution in [-0.2, 0) is 22.5 Å². The molecule has 0 fully saturated rings. The van der Waals surface area contributed by atoms with Crippen LogP contribution in [0.25, 0.3) is 0 Å². The van der Waals surface area contributed by atoms with Crippen LogP contribution in [0.3, 0.4) is 0 Å². The summed E-state index contributed by atoms with van der Waals surface area (Å²) in [6, 6.07) is 3.95. The minimum absolute atomic E-state index is 0.0550. The summed E-state index contributed by atoms with van der Waals surface area (Å²) in [7, 11) is 0. The van der Waals surface area contributed by atoms with Crippen molar-refractivity contribution in [3.05, 3.63) is 29.6 Å². The van der Waals surface area contributed by atoms with Crippen LogP contribution >= 0.6 is 0 Å². The fourth-order valence-corrected chi connectivity index (χ4v) is 1.95. The highest BCUT2D eigenvalue weighted by Gasteiger charge is 2.22. The number of ether oxygens (including phenoxy) is 1. The summed E-state index contributed by atoms with van der Waals surface area (Å²) in [5, 5.41) is 0. The Morgan fingerprint density at radius 3 is 3.00 bits per heavy atom. The predicted octanol–water partition coefficient (Wildman–Crippen LogP) is 1.78. The maximum absolute atomic E-state index is 12.0. The SMILES string of the molecule is CC(C)(C)OCC(=O)N1CCc2ncccc2C1. The van der Waals surface area contributed by atoms with Gasteiger partial charge in [-0.1, -0.05) is 6.07 Å². The van der Waals surface area contributed by atoms with Crippen LogP contribution in [0.2, 0.25) is 0 Å². The summed E-state index contributed by atoms with van der Waals surface area (Å²) >= 11 is 0. The highest BCUT2D eigenvalue weighted by molar-refractivity contribution is 5.77. The molecule has 1 aliphatic rings. The third-order valence-electron chi connectivity index (χ3n) is 2.95. The molecular formula is C14H20N2O2. The molecule has 18 heavy (non-hydrogen) atoms. The summed E-state index contributed by atoms with van der Waals surface area (Å²) in [4.78, 5) is 18.2. The van der Waals surface area contributed by atoms with Gasteiger partial charge in [-0.05, 0) is 32.4 Å². The summed E-state index contributed by atoms with van der Waals surface area (Å²) in [5.41, 5.74) is 1.98. The van der Waals surface area contributed by atoms with Crippen molar-refractivity contribution in [3.63, 3.8) is 0 Å². The molecule has 0 bridgehead atoms. The average molecular weight is 248 g/mol. The third kappa shape index (κ3) is 3.29. The van der Waals surface area contributed by atoms with Crippen LogP contribution in [0.5, 0.6) is 0 Å². The quantitative estimate of drug-likeness (QED) is 0.801. The molecule has 0 saturated carbocycles. The molecule has 98 valence electrons. The van der Waals surface area contributed by atoms with E-state index in [-0.39, 0.29) is 18.1 Å². The van der Waals surface area contributed by atoms with Gasteiger partial charge in [-0.25, -0.2) is 0 Å². The number of aromatic nitrogens is 1. The van der Waals surface area contributed by atoms with Gasteiger partial charge in [0.1, 0.15) is 6.61 Å². The van der Waals surface area contributed by atoms with E-state index in [1.54, 1.807) is 6.20 Å².